The largest absolute Gasteiger partial charge is 0.478 e. The Labute approximate surface area is 119 Å². The lowest BCUT2D eigenvalue weighted by Gasteiger charge is -2.21. The topological polar surface area (TPSA) is 57.6 Å². The summed E-state index contributed by atoms with van der Waals surface area (Å²) < 4.78 is 0. The maximum atomic E-state index is 12.1. The van der Waals surface area contributed by atoms with Crippen molar-refractivity contribution in [2.24, 2.45) is 5.92 Å². The lowest BCUT2D eigenvalue weighted by molar-refractivity contribution is -0.131. The van der Waals surface area contributed by atoms with E-state index in [-0.39, 0.29) is 11.5 Å². The molecular weight excluding hydrogens is 254 g/mol. The number of likely N-dealkylation sites (tertiary alicyclic amines) is 1. The molecule has 1 aromatic carbocycles. The average Bonchev–Trinajstić information content (AvgIpc) is 2.62. The van der Waals surface area contributed by atoms with E-state index in [4.69, 9.17) is 0 Å². The molecule has 1 atom stereocenters. The van der Waals surface area contributed by atoms with Crippen LogP contribution in [-0.4, -0.2) is 28.4 Å². The minimum absolute atomic E-state index is 0.140. The highest BCUT2D eigenvalue weighted by atomic mass is 16.4. The first-order valence-electron chi connectivity index (χ1n) is 7.20. The molecule has 1 heterocycles. The van der Waals surface area contributed by atoms with Gasteiger partial charge in [-0.05, 0) is 30.4 Å². The highest BCUT2D eigenvalue weighted by Crippen LogP contribution is 2.23. The molecule has 0 bridgehead atoms. The number of rotatable bonds is 4. The molecule has 0 saturated carbocycles. The van der Waals surface area contributed by atoms with Crippen molar-refractivity contribution in [3.05, 3.63) is 35.4 Å². The molecule has 0 radical (unpaired) electrons. The molecule has 1 saturated heterocycles. The second-order valence-electron chi connectivity index (χ2n) is 5.38. The number of carbonyl (C=O) groups is 2. The zero-order valence-corrected chi connectivity index (χ0v) is 11.8. The lowest BCUT2D eigenvalue weighted by Crippen LogP contribution is -2.30. The smallest absolute Gasteiger partial charge is 0.336 e. The Hall–Kier alpha value is -1.84. The fraction of sp³-hybridized carbons (Fsp3) is 0.500. The van der Waals surface area contributed by atoms with Crippen LogP contribution in [0.2, 0.25) is 0 Å². The quantitative estimate of drug-likeness (QED) is 0.919. The normalized spacial score (nSPS) is 19.8. The van der Waals surface area contributed by atoms with Crippen LogP contribution in [0, 0.1) is 5.92 Å². The van der Waals surface area contributed by atoms with Crippen molar-refractivity contribution in [3.8, 4) is 0 Å². The van der Waals surface area contributed by atoms with Crippen LogP contribution < -0.4 is 0 Å². The summed E-state index contributed by atoms with van der Waals surface area (Å²) in [4.78, 5) is 25.2. The monoisotopic (exact) mass is 275 g/mol. The van der Waals surface area contributed by atoms with Crippen molar-refractivity contribution in [1.29, 1.82) is 0 Å². The number of nitrogens with zero attached hydrogens (tertiary/aromatic N) is 1. The van der Waals surface area contributed by atoms with E-state index in [2.05, 4.69) is 6.92 Å². The zero-order chi connectivity index (χ0) is 14.5. The second kappa shape index (κ2) is 6.55. The fourth-order valence-electron chi connectivity index (χ4n) is 2.74. The number of hydrogen-bond donors (Lipinski definition) is 1. The molecule has 1 amide bonds. The molecule has 1 N–H and O–H groups in total. The second-order valence-corrected chi connectivity index (χ2v) is 5.38. The average molecular weight is 275 g/mol. The molecule has 108 valence electrons. The summed E-state index contributed by atoms with van der Waals surface area (Å²) in [7, 11) is 0. The van der Waals surface area contributed by atoms with Gasteiger partial charge < -0.3 is 10.0 Å². The summed E-state index contributed by atoms with van der Waals surface area (Å²) in [5.74, 6) is -0.186. The van der Waals surface area contributed by atoms with E-state index in [9.17, 15) is 14.7 Å². The van der Waals surface area contributed by atoms with Gasteiger partial charge in [-0.25, -0.2) is 4.79 Å². The highest BCUT2D eigenvalue weighted by Gasteiger charge is 2.22. The van der Waals surface area contributed by atoms with Gasteiger partial charge in [-0.1, -0.05) is 31.5 Å². The molecule has 1 unspecified atom stereocenters. The fourth-order valence-corrected chi connectivity index (χ4v) is 2.74. The number of carbonyl (C=O) groups excluding carboxylic acids is 1. The molecule has 4 heteroatoms. The molecule has 2 rings (SSSR count). The van der Waals surface area contributed by atoms with Gasteiger partial charge in [0.05, 0.1) is 5.56 Å². The van der Waals surface area contributed by atoms with Crippen molar-refractivity contribution in [2.45, 2.75) is 39.2 Å². The zero-order valence-electron chi connectivity index (χ0n) is 11.8. The molecule has 1 aliphatic rings. The number of carboxylic acid groups (broad SMARTS) is 1. The summed E-state index contributed by atoms with van der Waals surface area (Å²) in [6.07, 6.45) is 3.64. The molecule has 0 spiro atoms. The minimum atomic E-state index is -0.936. The van der Waals surface area contributed by atoms with Crippen LogP contribution in [0.5, 0.6) is 0 Å². The third kappa shape index (κ3) is 3.38. The Kier molecular flexibility index (Phi) is 4.77. The molecule has 1 fully saturated rings. The summed E-state index contributed by atoms with van der Waals surface area (Å²) >= 11 is 0. The van der Waals surface area contributed by atoms with Gasteiger partial charge >= 0.3 is 5.97 Å². The Balaban J connectivity index is 2.13. The maximum Gasteiger partial charge on any atom is 0.336 e. The van der Waals surface area contributed by atoms with E-state index < -0.39 is 5.97 Å². The first-order chi connectivity index (χ1) is 9.61. The Morgan fingerprint density at radius 2 is 2.10 bits per heavy atom. The van der Waals surface area contributed by atoms with Gasteiger partial charge in [0.1, 0.15) is 0 Å². The molecule has 0 aliphatic carbocycles. The summed E-state index contributed by atoms with van der Waals surface area (Å²) in [5, 5.41) is 9.19. The summed E-state index contributed by atoms with van der Waals surface area (Å²) in [6, 6.07) is 6.91. The predicted molar refractivity (Wildman–Crippen MR) is 76.5 cm³/mol. The number of hydrogen-bond acceptors (Lipinski definition) is 2. The third-order valence-electron chi connectivity index (χ3n) is 4.11. The van der Waals surface area contributed by atoms with Gasteiger partial charge in [-0.3, -0.25) is 4.79 Å². The number of carboxylic acids is 1. The Morgan fingerprint density at radius 1 is 1.35 bits per heavy atom. The van der Waals surface area contributed by atoms with Crippen LogP contribution >= 0.6 is 0 Å². The van der Waals surface area contributed by atoms with E-state index in [0.29, 0.717) is 24.4 Å². The van der Waals surface area contributed by atoms with Crippen LogP contribution in [0.3, 0.4) is 0 Å². The Morgan fingerprint density at radius 3 is 2.80 bits per heavy atom. The lowest BCUT2D eigenvalue weighted by atomic mass is 9.98. The third-order valence-corrected chi connectivity index (χ3v) is 4.11. The van der Waals surface area contributed by atoms with Crippen molar-refractivity contribution >= 4 is 11.9 Å². The van der Waals surface area contributed by atoms with Crippen LogP contribution in [-0.2, 0) is 11.3 Å². The van der Waals surface area contributed by atoms with Crippen LogP contribution in [0.4, 0.5) is 0 Å². The van der Waals surface area contributed by atoms with E-state index in [0.717, 1.165) is 25.8 Å². The standard InChI is InChI=1S/C16H21NO3/c1-2-12-7-8-15(18)17(10-9-12)11-13-5-3-4-6-14(13)16(19)20/h3-6,12H,2,7-11H2,1H3,(H,19,20). The van der Waals surface area contributed by atoms with Gasteiger partial charge in [-0.2, -0.15) is 0 Å². The number of benzene rings is 1. The minimum Gasteiger partial charge on any atom is -0.478 e. The first-order valence-corrected chi connectivity index (χ1v) is 7.20. The predicted octanol–water partition coefficient (Wildman–Crippen LogP) is 2.92. The van der Waals surface area contributed by atoms with Crippen molar-refractivity contribution < 1.29 is 14.7 Å². The van der Waals surface area contributed by atoms with Crippen molar-refractivity contribution in [2.75, 3.05) is 6.54 Å². The highest BCUT2D eigenvalue weighted by molar-refractivity contribution is 5.89. The molecule has 1 aliphatic heterocycles. The molecule has 4 nitrogen and oxygen atoms in total. The molecular formula is C16H21NO3. The summed E-state index contributed by atoms with van der Waals surface area (Å²) in [6.45, 7) is 3.29. The van der Waals surface area contributed by atoms with E-state index in [1.165, 1.54) is 0 Å². The van der Waals surface area contributed by atoms with Gasteiger partial charge in [0, 0.05) is 19.5 Å². The number of amides is 1. The van der Waals surface area contributed by atoms with Crippen LogP contribution in [0.25, 0.3) is 0 Å². The number of aromatic carboxylic acids is 1. The van der Waals surface area contributed by atoms with Gasteiger partial charge in [0.15, 0.2) is 0 Å². The van der Waals surface area contributed by atoms with Gasteiger partial charge in [0.25, 0.3) is 0 Å². The SMILES string of the molecule is CCC1CCC(=O)N(Cc2ccccc2C(=O)O)CC1. The molecule has 20 heavy (non-hydrogen) atoms. The summed E-state index contributed by atoms with van der Waals surface area (Å²) in [5.41, 5.74) is 1.000. The Bertz CT molecular complexity index is 498. The van der Waals surface area contributed by atoms with E-state index in [1.54, 1.807) is 23.1 Å². The maximum absolute atomic E-state index is 12.1. The molecule has 0 aromatic heterocycles. The van der Waals surface area contributed by atoms with Gasteiger partial charge in [-0.15, -0.1) is 0 Å². The van der Waals surface area contributed by atoms with Crippen molar-refractivity contribution in [3.63, 3.8) is 0 Å². The van der Waals surface area contributed by atoms with E-state index in [1.807, 2.05) is 6.07 Å². The molecule has 1 aromatic rings. The van der Waals surface area contributed by atoms with E-state index >= 15 is 0 Å². The van der Waals surface area contributed by atoms with Gasteiger partial charge in [0.2, 0.25) is 5.91 Å². The van der Waals surface area contributed by atoms with Crippen LogP contribution in [0.15, 0.2) is 24.3 Å². The van der Waals surface area contributed by atoms with Crippen molar-refractivity contribution in [1.82, 2.24) is 4.90 Å². The first kappa shape index (κ1) is 14.6. The van der Waals surface area contributed by atoms with Crippen LogP contribution in [0.1, 0.15) is 48.5 Å².